The molecule has 17 heavy (non-hydrogen) atoms. The molecule has 0 aromatic carbocycles. The summed E-state index contributed by atoms with van der Waals surface area (Å²) < 4.78 is 10.0. The molecular weight excluding hydrogens is 220 g/mol. The van der Waals surface area contributed by atoms with E-state index in [0.717, 1.165) is 6.42 Å². The van der Waals surface area contributed by atoms with Gasteiger partial charge in [0, 0.05) is 40.5 Å². The number of nitrogens with zero attached hydrogens (tertiary/aromatic N) is 1. The molecule has 0 saturated carbocycles. The van der Waals surface area contributed by atoms with Gasteiger partial charge in [-0.15, -0.1) is 0 Å². The van der Waals surface area contributed by atoms with Crippen LogP contribution in [0.1, 0.15) is 20.3 Å². The molecule has 0 spiro atoms. The van der Waals surface area contributed by atoms with Crippen LogP contribution in [0, 0.1) is 5.41 Å². The van der Waals surface area contributed by atoms with Crippen molar-refractivity contribution < 1.29 is 14.3 Å². The highest BCUT2D eigenvalue weighted by Gasteiger charge is 2.30. The van der Waals surface area contributed by atoms with Crippen LogP contribution in [0.25, 0.3) is 0 Å². The molecule has 0 fully saturated rings. The van der Waals surface area contributed by atoms with Gasteiger partial charge in [-0.3, -0.25) is 4.79 Å². The standard InChI is InChI=1S/C12H26N2O3/c1-12(2,10-13)11(15)14(7-9-17-4)6-5-8-16-3/h5-10,13H2,1-4H3. The van der Waals surface area contributed by atoms with Gasteiger partial charge in [-0.2, -0.15) is 0 Å². The summed E-state index contributed by atoms with van der Waals surface area (Å²) in [5.41, 5.74) is 5.11. The van der Waals surface area contributed by atoms with Crippen molar-refractivity contribution in [1.82, 2.24) is 4.90 Å². The summed E-state index contributed by atoms with van der Waals surface area (Å²) in [5, 5.41) is 0. The Labute approximate surface area is 104 Å². The maximum Gasteiger partial charge on any atom is 0.229 e. The first-order valence-electron chi connectivity index (χ1n) is 5.97. The molecule has 0 atom stereocenters. The Morgan fingerprint density at radius 1 is 1.18 bits per heavy atom. The van der Waals surface area contributed by atoms with Gasteiger partial charge < -0.3 is 20.1 Å². The van der Waals surface area contributed by atoms with E-state index in [1.54, 1.807) is 19.1 Å². The lowest BCUT2D eigenvalue weighted by molar-refractivity contribution is -0.140. The molecule has 2 N–H and O–H groups in total. The fraction of sp³-hybridized carbons (Fsp3) is 0.917. The van der Waals surface area contributed by atoms with Crippen molar-refractivity contribution in [3.63, 3.8) is 0 Å². The average Bonchev–Trinajstić information content (AvgIpc) is 2.32. The van der Waals surface area contributed by atoms with E-state index in [1.807, 2.05) is 13.8 Å². The van der Waals surface area contributed by atoms with E-state index < -0.39 is 5.41 Å². The first kappa shape index (κ1) is 16.4. The van der Waals surface area contributed by atoms with Crippen LogP contribution in [0.4, 0.5) is 0 Å². The second-order valence-corrected chi connectivity index (χ2v) is 4.72. The van der Waals surface area contributed by atoms with Crippen LogP contribution in [0.5, 0.6) is 0 Å². The third-order valence-corrected chi connectivity index (χ3v) is 2.72. The number of nitrogens with two attached hydrogens (primary N) is 1. The van der Waals surface area contributed by atoms with Gasteiger partial charge in [0.25, 0.3) is 0 Å². The zero-order valence-corrected chi connectivity index (χ0v) is 11.5. The highest BCUT2D eigenvalue weighted by atomic mass is 16.5. The summed E-state index contributed by atoms with van der Waals surface area (Å²) in [6.45, 7) is 6.55. The lowest BCUT2D eigenvalue weighted by atomic mass is 9.92. The molecule has 5 nitrogen and oxygen atoms in total. The molecule has 0 aromatic heterocycles. The van der Waals surface area contributed by atoms with E-state index in [-0.39, 0.29) is 5.91 Å². The van der Waals surface area contributed by atoms with Crippen molar-refractivity contribution >= 4 is 5.91 Å². The fourth-order valence-corrected chi connectivity index (χ4v) is 1.43. The predicted octanol–water partition coefficient (Wildman–Crippen LogP) is 0.483. The van der Waals surface area contributed by atoms with Crippen LogP contribution < -0.4 is 5.73 Å². The van der Waals surface area contributed by atoms with E-state index in [4.69, 9.17) is 15.2 Å². The second-order valence-electron chi connectivity index (χ2n) is 4.72. The average molecular weight is 246 g/mol. The Balaban J connectivity index is 4.39. The van der Waals surface area contributed by atoms with Gasteiger partial charge in [0.2, 0.25) is 5.91 Å². The van der Waals surface area contributed by atoms with E-state index in [9.17, 15) is 4.79 Å². The van der Waals surface area contributed by atoms with Crippen molar-refractivity contribution in [1.29, 1.82) is 0 Å². The van der Waals surface area contributed by atoms with Crippen LogP contribution in [0.15, 0.2) is 0 Å². The lowest BCUT2D eigenvalue weighted by Crippen LogP contribution is -2.46. The smallest absolute Gasteiger partial charge is 0.229 e. The van der Waals surface area contributed by atoms with Crippen LogP contribution in [-0.4, -0.2) is 57.9 Å². The monoisotopic (exact) mass is 246 g/mol. The van der Waals surface area contributed by atoms with Gasteiger partial charge in [0.05, 0.1) is 12.0 Å². The number of rotatable bonds is 9. The molecule has 0 bridgehead atoms. The summed E-state index contributed by atoms with van der Waals surface area (Å²) >= 11 is 0. The van der Waals surface area contributed by atoms with Gasteiger partial charge in [-0.1, -0.05) is 0 Å². The Morgan fingerprint density at radius 2 is 1.76 bits per heavy atom. The number of hydrogen-bond acceptors (Lipinski definition) is 4. The minimum atomic E-state index is -0.513. The summed E-state index contributed by atoms with van der Waals surface area (Å²) in [4.78, 5) is 14.0. The Kier molecular flexibility index (Phi) is 8.12. The van der Waals surface area contributed by atoms with Crippen LogP contribution in [-0.2, 0) is 14.3 Å². The quantitative estimate of drug-likeness (QED) is 0.601. The van der Waals surface area contributed by atoms with Crippen LogP contribution in [0.3, 0.4) is 0 Å². The number of methoxy groups -OCH3 is 2. The van der Waals surface area contributed by atoms with Crippen molar-refractivity contribution in [2.45, 2.75) is 20.3 Å². The van der Waals surface area contributed by atoms with E-state index in [0.29, 0.717) is 32.8 Å². The Hall–Kier alpha value is -0.650. The highest BCUT2D eigenvalue weighted by molar-refractivity contribution is 5.82. The number of carbonyl (C=O) groups excluding carboxylic acids is 1. The Bertz CT molecular complexity index is 220. The van der Waals surface area contributed by atoms with E-state index in [1.165, 1.54) is 0 Å². The van der Waals surface area contributed by atoms with Gasteiger partial charge in [-0.25, -0.2) is 0 Å². The predicted molar refractivity (Wildman–Crippen MR) is 67.8 cm³/mol. The number of hydrogen-bond donors (Lipinski definition) is 1. The largest absolute Gasteiger partial charge is 0.385 e. The number of carbonyl (C=O) groups is 1. The normalized spacial score (nSPS) is 11.6. The molecular formula is C12H26N2O3. The zero-order valence-electron chi connectivity index (χ0n) is 11.5. The molecule has 5 heteroatoms. The zero-order chi connectivity index (χ0) is 13.3. The second kappa shape index (κ2) is 8.44. The lowest BCUT2D eigenvalue weighted by Gasteiger charge is -2.31. The highest BCUT2D eigenvalue weighted by Crippen LogP contribution is 2.17. The van der Waals surface area contributed by atoms with Gasteiger partial charge in [0.1, 0.15) is 0 Å². The molecule has 0 radical (unpaired) electrons. The third kappa shape index (κ3) is 6.00. The third-order valence-electron chi connectivity index (χ3n) is 2.72. The summed E-state index contributed by atoms with van der Waals surface area (Å²) in [7, 11) is 3.29. The van der Waals surface area contributed by atoms with Gasteiger partial charge >= 0.3 is 0 Å². The first-order chi connectivity index (χ1) is 7.99. The molecule has 0 aliphatic carbocycles. The molecule has 0 aliphatic rings. The van der Waals surface area contributed by atoms with Crippen LogP contribution >= 0.6 is 0 Å². The van der Waals surface area contributed by atoms with Gasteiger partial charge in [-0.05, 0) is 20.3 Å². The first-order valence-corrected chi connectivity index (χ1v) is 5.97. The molecule has 0 heterocycles. The minimum Gasteiger partial charge on any atom is -0.385 e. The topological polar surface area (TPSA) is 64.8 Å². The van der Waals surface area contributed by atoms with Crippen molar-refractivity contribution in [3.8, 4) is 0 Å². The minimum absolute atomic E-state index is 0.0770. The number of amides is 1. The molecule has 102 valence electrons. The summed E-state index contributed by atoms with van der Waals surface area (Å²) in [6.07, 6.45) is 0.826. The number of ether oxygens (including phenoxy) is 2. The van der Waals surface area contributed by atoms with Crippen molar-refractivity contribution in [3.05, 3.63) is 0 Å². The van der Waals surface area contributed by atoms with E-state index >= 15 is 0 Å². The van der Waals surface area contributed by atoms with Gasteiger partial charge in [0.15, 0.2) is 0 Å². The summed E-state index contributed by atoms with van der Waals surface area (Å²) in [6, 6.07) is 0. The molecule has 0 rings (SSSR count). The molecule has 0 saturated heterocycles. The van der Waals surface area contributed by atoms with Crippen molar-refractivity contribution in [2.24, 2.45) is 11.1 Å². The Morgan fingerprint density at radius 3 is 2.24 bits per heavy atom. The maximum atomic E-state index is 12.2. The maximum absolute atomic E-state index is 12.2. The molecule has 1 amide bonds. The molecule has 0 unspecified atom stereocenters. The fourth-order valence-electron chi connectivity index (χ4n) is 1.43. The van der Waals surface area contributed by atoms with E-state index in [2.05, 4.69) is 0 Å². The molecule has 0 aromatic rings. The van der Waals surface area contributed by atoms with Crippen molar-refractivity contribution in [2.75, 3.05) is 47.1 Å². The molecule has 0 aliphatic heterocycles. The van der Waals surface area contributed by atoms with Crippen LogP contribution in [0.2, 0.25) is 0 Å². The summed E-state index contributed by atoms with van der Waals surface area (Å²) in [5.74, 6) is 0.0770. The SMILES string of the molecule is COCCCN(CCOC)C(=O)C(C)(C)CN.